The third-order valence-corrected chi connectivity index (χ3v) is 1.30. The van der Waals surface area contributed by atoms with Crippen LogP contribution >= 0.6 is 0 Å². The van der Waals surface area contributed by atoms with E-state index in [1.165, 1.54) is 6.07 Å². The molecule has 0 fully saturated rings. The molecule has 1 aromatic rings. The summed E-state index contributed by atoms with van der Waals surface area (Å²) in [5, 5.41) is 3.66. The van der Waals surface area contributed by atoms with Crippen LogP contribution in [0.3, 0.4) is 0 Å². The number of amides is 1. The minimum atomic E-state index is -0.901. The van der Waals surface area contributed by atoms with Crippen LogP contribution in [-0.2, 0) is 0 Å². The molecule has 0 unspecified atom stereocenters. The molecule has 66 valence electrons. The number of aromatic nitrogens is 1. The van der Waals surface area contributed by atoms with Gasteiger partial charge in [-0.25, -0.2) is 4.79 Å². The molecule has 0 spiro atoms. The van der Waals surface area contributed by atoms with Crippen LogP contribution in [0.1, 0.15) is 25.5 Å². The summed E-state index contributed by atoms with van der Waals surface area (Å²) in [5.41, 5.74) is 5.49. The molecule has 0 aliphatic rings. The quantitative estimate of drug-likeness (QED) is 0.724. The Morgan fingerprint density at radius 2 is 2.42 bits per heavy atom. The number of hydrogen-bond donors (Lipinski definition) is 1. The molecule has 1 aromatic heterocycles. The van der Waals surface area contributed by atoms with Crippen LogP contribution in [0, 0.1) is 0 Å². The summed E-state index contributed by atoms with van der Waals surface area (Å²) >= 11 is 0. The number of rotatable bonds is 2. The second kappa shape index (κ2) is 3.25. The summed E-state index contributed by atoms with van der Waals surface area (Å²) in [6.07, 6.45) is -0.901. The van der Waals surface area contributed by atoms with Gasteiger partial charge in [0.1, 0.15) is 0 Å². The first-order valence-electron chi connectivity index (χ1n) is 3.53. The lowest BCUT2D eigenvalue weighted by Crippen LogP contribution is -2.15. The van der Waals surface area contributed by atoms with E-state index >= 15 is 0 Å². The maximum absolute atomic E-state index is 10.3. The van der Waals surface area contributed by atoms with Crippen LogP contribution in [0.2, 0.25) is 0 Å². The lowest BCUT2D eigenvalue weighted by Gasteiger charge is -1.93. The number of nitrogens with zero attached hydrogens (tertiary/aromatic N) is 1. The molecule has 0 bridgehead atoms. The van der Waals surface area contributed by atoms with Crippen LogP contribution in [-0.4, -0.2) is 11.2 Å². The van der Waals surface area contributed by atoms with Gasteiger partial charge in [0.15, 0.2) is 0 Å². The molecule has 0 aliphatic carbocycles. The molecule has 1 rings (SSSR count). The van der Waals surface area contributed by atoms with Gasteiger partial charge in [-0.15, -0.1) is 0 Å². The van der Waals surface area contributed by atoms with Gasteiger partial charge in [0.2, 0.25) is 0 Å². The second-order valence-electron chi connectivity index (χ2n) is 2.65. The van der Waals surface area contributed by atoms with Crippen molar-refractivity contribution in [1.29, 1.82) is 0 Å². The van der Waals surface area contributed by atoms with Gasteiger partial charge in [-0.2, -0.15) is 0 Å². The molecule has 2 N–H and O–H groups in total. The minimum Gasteiger partial charge on any atom is -0.374 e. The largest absolute Gasteiger partial charge is 0.412 e. The fourth-order valence-electron chi connectivity index (χ4n) is 0.690. The van der Waals surface area contributed by atoms with Crippen molar-refractivity contribution in [3.05, 3.63) is 11.8 Å². The van der Waals surface area contributed by atoms with Gasteiger partial charge in [0.05, 0.1) is 5.69 Å². The Morgan fingerprint density at radius 3 is 2.83 bits per heavy atom. The van der Waals surface area contributed by atoms with Crippen molar-refractivity contribution in [1.82, 2.24) is 5.16 Å². The van der Waals surface area contributed by atoms with Crippen molar-refractivity contribution < 1.29 is 14.1 Å². The summed E-state index contributed by atoms with van der Waals surface area (Å²) in [4.78, 5) is 10.3. The zero-order valence-electron chi connectivity index (χ0n) is 6.90. The van der Waals surface area contributed by atoms with Crippen molar-refractivity contribution in [2.75, 3.05) is 0 Å². The Morgan fingerprint density at radius 1 is 1.75 bits per heavy atom. The van der Waals surface area contributed by atoms with Gasteiger partial charge in [-0.1, -0.05) is 19.0 Å². The highest BCUT2D eigenvalue weighted by atomic mass is 16.7. The van der Waals surface area contributed by atoms with Gasteiger partial charge < -0.3 is 15.0 Å². The maximum atomic E-state index is 10.3. The Hall–Kier alpha value is -1.52. The molecule has 0 aromatic carbocycles. The van der Waals surface area contributed by atoms with Crippen LogP contribution in [0.25, 0.3) is 0 Å². The third-order valence-electron chi connectivity index (χ3n) is 1.30. The molecule has 12 heavy (non-hydrogen) atoms. The highest BCUT2D eigenvalue weighted by Crippen LogP contribution is 2.18. The van der Waals surface area contributed by atoms with E-state index in [9.17, 15) is 4.79 Å². The zero-order chi connectivity index (χ0) is 9.14. The number of primary amides is 1. The number of carbonyl (C=O) groups is 1. The number of nitrogens with two attached hydrogens (primary N) is 1. The Labute approximate surface area is 69.5 Å². The van der Waals surface area contributed by atoms with E-state index in [4.69, 9.17) is 5.73 Å². The van der Waals surface area contributed by atoms with Crippen LogP contribution < -0.4 is 10.5 Å². The lowest BCUT2D eigenvalue weighted by molar-refractivity contribution is 0.190. The van der Waals surface area contributed by atoms with Gasteiger partial charge in [0.25, 0.3) is 0 Å². The van der Waals surface area contributed by atoms with Crippen LogP contribution in [0.5, 0.6) is 5.95 Å². The average Bonchev–Trinajstić information content (AvgIpc) is 2.34. The van der Waals surface area contributed by atoms with Crippen LogP contribution in [0.15, 0.2) is 10.6 Å². The first-order valence-corrected chi connectivity index (χ1v) is 3.53. The molecule has 5 nitrogen and oxygen atoms in total. The van der Waals surface area contributed by atoms with E-state index in [-0.39, 0.29) is 11.9 Å². The SMILES string of the molecule is CC(C)c1cc(OC(N)=O)on1. The molecule has 0 radical (unpaired) electrons. The molecule has 5 heteroatoms. The van der Waals surface area contributed by atoms with E-state index in [0.717, 1.165) is 5.69 Å². The average molecular weight is 170 g/mol. The van der Waals surface area contributed by atoms with Gasteiger partial charge in [-0.3, -0.25) is 0 Å². The van der Waals surface area contributed by atoms with E-state index in [2.05, 4.69) is 14.4 Å². The molecular weight excluding hydrogens is 160 g/mol. The number of ether oxygens (including phenoxy) is 1. The summed E-state index contributed by atoms with van der Waals surface area (Å²) in [5.74, 6) is 0.269. The number of carbonyl (C=O) groups excluding carboxylic acids is 1. The Balaban J connectivity index is 2.70. The predicted octanol–water partition coefficient (Wildman–Crippen LogP) is 1.26. The van der Waals surface area contributed by atoms with E-state index in [1.807, 2.05) is 13.8 Å². The highest BCUT2D eigenvalue weighted by Gasteiger charge is 2.09. The lowest BCUT2D eigenvalue weighted by atomic mass is 10.1. The van der Waals surface area contributed by atoms with Crippen LogP contribution in [0.4, 0.5) is 4.79 Å². The van der Waals surface area contributed by atoms with Crippen molar-refractivity contribution in [3.63, 3.8) is 0 Å². The summed E-state index contributed by atoms with van der Waals surface area (Å²) in [7, 11) is 0. The van der Waals surface area contributed by atoms with Crippen molar-refractivity contribution in [2.24, 2.45) is 5.73 Å². The summed E-state index contributed by atoms with van der Waals surface area (Å²) in [6.45, 7) is 3.90. The standard InChI is InChI=1S/C7H10N2O3/c1-4(2)5-3-6(12-9-5)11-7(8)10/h3-4H,1-2H3,(H2,8,10). The van der Waals surface area contributed by atoms with Gasteiger partial charge in [0, 0.05) is 6.07 Å². The van der Waals surface area contributed by atoms with Crippen molar-refractivity contribution in [2.45, 2.75) is 19.8 Å². The molecule has 0 aliphatic heterocycles. The van der Waals surface area contributed by atoms with Crippen molar-refractivity contribution in [3.8, 4) is 5.95 Å². The van der Waals surface area contributed by atoms with E-state index < -0.39 is 6.09 Å². The Kier molecular flexibility index (Phi) is 2.32. The highest BCUT2D eigenvalue weighted by molar-refractivity contribution is 5.67. The van der Waals surface area contributed by atoms with Gasteiger partial charge >= 0.3 is 12.0 Å². The van der Waals surface area contributed by atoms with Crippen molar-refractivity contribution >= 4 is 6.09 Å². The molecule has 0 atom stereocenters. The molecule has 1 heterocycles. The summed E-state index contributed by atoms with van der Waals surface area (Å²) < 4.78 is 9.12. The molecule has 0 saturated carbocycles. The first kappa shape index (κ1) is 8.58. The smallest absolute Gasteiger partial charge is 0.374 e. The fraction of sp³-hybridized carbons (Fsp3) is 0.429. The third kappa shape index (κ3) is 1.98. The van der Waals surface area contributed by atoms with E-state index in [0.29, 0.717) is 0 Å². The van der Waals surface area contributed by atoms with E-state index in [1.54, 1.807) is 0 Å². The number of hydrogen-bond acceptors (Lipinski definition) is 4. The second-order valence-corrected chi connectivity index (χ2v) is 2.65. The maximum Gasteiger partial charge on any atom is 0.412 e. The molecule has 0 saturated heterocycles. The fourth-order valence-corrected chi connectivity index (χ4v) is 0.690. The summed E-state index contributed by atoms with van der Waals surface area (Å²) in [6, 6.07) is 1.54. The predicted molar refractivity (Wildman–Crippen MR) is 40.8 cm³/mol. The minimum absolute atomic E-state index is 0.0335. The zero-order valence-corrected chi connectivity index (χ0v) is 6.90. The molecule has 1 amide bonds. The molecular formula is C7H10N2O3. The first-order chi connectivity index (χ1) is 5.59. The topological polar surface area (TPSA) is 78.4 Å². The van der Waals surface area contributed by atoms with Gasteiger partial charge in [-0.05, 0) is 5.92 Å². The normalized spacial score (nSPS) is 10.2. The Bertz CT molecular complexity index is 280. The monoisotopic (exact) mass is 170 g/mol.